The number of nitrogens with zero attached hydrogens (tertiary/aromatic N) is 2. The lowest BCUT2D eigenvalue weighted by Crippen LogP contribution is -2.38. The van der Waals surface area contributed by atoms with E-state index in [1.807, 2.05) is 18.2 Å². The van der Waals surface area contributed by atoms with E-state index in [1.54, 1.807) is 26.1 Å². The first-order chi connectivity index (χ1) is 11.0. The molecule has 0 radical (unpaired) electrons. The summed E-state index contributed by atoms with van der Waals surface area (Å²) in [6, 6.07) is 9.16. The van der Waals surface area contributed by atoms with Crippen LogP contribution in [0, 0.1) is 6.92 Å². The standard InChI is InChI=1S/C16H19ClN4O2/c1-11-8-14(21(2)20-11)16(23)19-10-15(22)18-7-6-12-4-3-5-13(17)9-12/h3-5,8-9H,6-7,10H2,1-2H3,(H,18,22)(H,19,23). The molecule has 0 aliphatic carbocycles. The second kappa shape index (κ2) is 7.78. The van der Waals surface area contributed by atoms with Crippen LogP contribution >= 0.6 is 11.6 Å². The molecular formula is C16H19ClN4O2. The normalized spacial score (nSPS) is 10.4. The van der Waals surface area contributed by atoms with Crippen LogP contribution in [-0.4, -0.2) is 34.7 Å². The summed E-state index contributed by atoms with van der Waals surface area (Å²) in [5.41, 5.74) is 2.23. The fourth-order valence-corrected chi connectivity index (χ4v) is 2.39. The summed E-state index contributed by atoms with van der Waals surface area (Å²) in [5.74, 6) is -0.558. The molecule has 2 rings (SSSR count). The van der Waals surface area contributed by atoms with Crippen LogP contribution in [0.15, 0.2) is 30.3 Å². The smallest absolute Gasteiger partial charge is 0.269 e. The minimum atomic E-state index is -0.321. The van der Waals surface area contributed by atoms with Gasteiger partial charge in [0, 0.05) is 18.6 Å². The molecule has 1 heterocycles. The zero-order chi connectivity index (χ0) is 16.8. The molecule has 2 amide bonds. The van der Waals surface area contributed by atoms with Crippen molar-refractivity contribution in [2.75, 3.05) is 13.1 Å². The second-order valence-corrected chi connectivity index (χ2v) is 5.64. The third kappa shape index (κ3) is 5.10. The molecule has 0 bridgehead atoms. The van der Waals surface area contributed by atoms with Gasteiger partial charge in [0.25, 0.3) is 5.91 Å². The molecule has 2 aromatic rings. The summed E-state index contributed by atoms with van der Waals surface area (Å²) >= 11 is 5.90. The number of benzene rings is 1. The molecule has 0 fully saturated rings. The van der Waals surface area contributed by atoms with E-state index in [4.69, 9.17) is 11.6 Å². The van der Waals surface area contributed by atoms with Gasteiger partial charge < -0.3 is 10.6 Å². The van der Waals surface area contributed by atoms with Gasteiger partial charge in [-0.2, -0.15) is 5.10 Å². The third-order valence-corrected chi connectivity index (χ3v) is 3.50. The molecule has 2 N–H and O–H groups in total. The maximum atomic E-state index is 11.9. The second-order valence-electron chi connectivity index (χ2n) is 5.21. The number of halogens is 1. The number of amides is 2. The minimum absolute atomic E-state index is 0.0708. The topological polar surface area (TPSA) is 76.0 Å². The van der Waals surface area contributed by atoms with Crippen molar-refractivity contribution >= 4 is 23.4 Å². The van der Waals surface area contributed by atoms with Gasteiger partial charge in [0.15, 0.2) is 0 Å². The fraction of sp³-hybridized carbons (Fsp3) is 0.312. The van der Waals surface area contributed by atoms with E-state index in [-0.39, 0.29) is 18.4 Å². The molecule has 0 aliphatic rings. The Kier molecular flexibility index (Phi) is 5.76. The van der Waals surface area contributed by atoms with Gasteiger partial charge in [0.1, 0.15) is 5.69 Å². The summed E-state index contributed by atoms with van der Waals surface area (Å²) in [5, 5.41) is 10.1. The summed E-state index contributed by atoms with van der Waals surface area (Å²) in [7, 11) is 1.69. The van der Waals surface area contributed by atoms with E-state index in [9.17, 15) is 9.59 Å². The van der Waals surface area contributed by atoms with Crippen molar-refractivity contribution in [3.05, 3.63) is 52.3 Å². The van der Waals surface area contributed by atoms with Crippen molar-refractivity contribution in [1.82, 2.24) is 20.4 Å². The first-order valence-corrected chi connectivity index (χ1v) is 7.63. The Morgan fingerprint density at radius 1 is 1.26 bits per heavy atom. The predicted molar refractivity (Wildman–Crippen MR) is 88.4 cm³/mol. The number of carbonyl (C=O) groups excluding carboxylic acids is 2. The Bertz CT molecular complexity index is 712. The van der Waals surface area contributed by atoms with Crippen LogP contribution in [-0.2, 0) is 18.3 Å². The van der Waals surface area contributed by atoms with Crippen LogP contribution in [0.4, 0.5) is 0 Å². The SMILES string of the molecule is Cc1cc(C(=O)NCC(=O)NCCc2cccc(Cl)c2)n(C)n1. The van der Waals surface area contributed by atoms with E-state index >= 15 is 0 Å². The highest BCUT2D eigenvalue weighted by molar-refractivity contribution is 6.30. The molecular weight excluding hydrogens is 316 g/mol. The summed E-state index contributed by atoms with van der Waals surface area (Å²) < 4.78 is 1.49. The molecule has 0 saturated heterocycles. The quantitative estimate of drug-likeness (QED) is 0.840. The van der Waals surface area contributed by atoms with Crippen molar-refractivity contribution in [3.8, 4) is 0 Å². The molecule has 0 unspecified atom stereocenters. The van der Waals surface area contributed by atoms with Gasteiger partial charge in [0.2, 0.25) is 5.91 Å². The lowest BCUT2D eigenvalue weighted by atomic mass is 10.1. The Labute approximate surface area is 139 Å². The Morgan fingerprint density at radius 2 is 2.04 bits per heavy atom. The molecule has 0 aliphatic heterocycles. The van der Waals surface area contributed by atoms with Crippen molar-refractivity contribution in [3.63, 3.8) is 0 Å². The number of carbonyl (C=O) groups is 2. The summed E-state index contributed by atoms with van der Waals surface area (Å²) in [6.45, 7) is 2.22. The van der Waals surface area contributed by atoms with Crippen molar-refractivity contribution in [2.24, 2.45) is 7.05 Å². The van der Waals surface area contributed by atoms with Gasteiger partial charge in [-0.05, 0) is 37.1 Å². The van der Waals surface area contributed by atoms with Crippen LogP contribution in [0.3, 0.4) is 0 Å². The van der Waals surface area contributed by atoms with Gasteiger partial charge in [0.05, 0.1) is 12.2 Å². The zero-order valence-electron chi connectivity index (χ0n) is 13.1. The predicted octanol–water partition coefficient (Wildman–Crippen LogP) is 1.47. The molecule has 0 atom stereocenters. The Hall–Kier alpha value is -2.34. The largest absolute Gasteiger partial charge is 0.354 e. The first-order valence-electron chi connectivity index (χ1n) is 7.25. The van der Waals surface area contributed by atoms with E-state index in [0.29, 0.717) is 23.7 Å². The molecule has 7 heteroatoms. The third-order valence-electron chi connectivity index (χ3n) is 3.27. The maximum Gasteiger partial charge on any atom is 0.269 e. The molecule has 0 saturated carbocycles. The monoisotopic (exact) mass is 334 g/mol. The highest BCUT2D eigenvalue weighted by atomic mass is 35.5. The number of aromatic nitrogens is 2. The molecule has 122 valence electrons. The Balaban J connectivity index is 1.73. The molecule has 1 aromatic heterocycles. The minimum Gasteiger partial charge on any atom is -0.354 e. The van der Waals surface area contributed by atoms with Crippen LogP contribution in [0.2, 0.25) is 5.02 Å². The lowest BCUT2D eigenvalue weighted by Gasteiger charge is -2.07. The average molecular weight is 335 g/mol. The van der Waals surface area contributed by atoms with Crippen LogP contribution in [0.25, 0.3) is 0 Å². The number of aryl methyl sites for hydroxylation is 2. The van der Waals surface area contributed by atoms with E-state index in [1.165, 1.54) is 4.68 Å². The fourth-order valence-electron chi connectivity index (χ4n) is 2.18. The molecule has 6 nitrogen and oxygen atoms in total. The molecule has 1 aromatic carbocycles. The Morgan fingerprint density at radius 3 is 2.70 bits per heavy atom. The summed E-state index contributed by atoms with van der Waals surface area (Å²) in [6.07, 6.45) is 0.682. The number of nitrogens with one attached hydrogen (secondary N) is 2. The van der Waals surface area contributed by atoms with E-state index in [2.05, 4.69) is 15.7 Å². The van der Waals surface area contributed by atoms with Crippen LogP contribution in [0.5, 0.6) is 0 Å². The number of hydrogen-bond donors (Lipinski definition) is 2. The van der Waals surface area contributed by atoms with Crippen molar-refractivity contribution in [1.29, 1.82) is 0 Å². The van der Waals surface area contributed by atoms with Crippen molar-refractivity contribution in [2.45, 2.75) is 13.3 Å². The highest BCUT2D eigenvalue weighted by Crippen LogP contribution is 2.10. The zero-order valence-corrected chi connectivity index (χ0v) is 13.9. The van der Waals surface area contributed by atoms with E-state index < -0.39 is 0 Å². The average Bonchev–Trinajstić information content (AvgIpc) is 2.84. The highest BCUT2D eigenvalue weighted by Gasteiger charge is 2.12. The van der Waals surface area contributed by atoms with Gasteiger partial charge in [-0.15, -0.1) is 0 Å². The number of hydrogen-bond acceptors (Lipinski definition) is 3. The molecule has 23 heavy (non-hydrogen) atoms. The van der Waals surface area contributed by atoms with Gasteiger partial charge in [-0.1, -0.05) is 23.7 Å². The van der Waals surface area contributed by atoms with Crippen molar-refractivity contribution < 1.29 is 9.59 Å². The first kappa shape index (κ1) is 17.0. The lowest BCUT2D eigenvalue weighted by molar-refractivity contribution is -0.120. The van der Waals surface area contributed by atoms with Gasteiger partial charge in [-0.25, -0.2) is 0 Å². The van der Waals surface area contributed by atoms with Gasteiger partial charge in [-0.3, -0.25) is 14.3 Å². The maximum absolute atomic E-state index is 11.9. The van der Waals surface area contributed by atoms with Crippen LogP contribution < -0.4 is 10.6 Å². The van der Waals surface area contributed by atoms with Gasteiger partial charge >= 0.3 is 0 Å². The van der Waals surface area contributed by atoms with Crippen LogP contribution in [0.1, 0.15) is 21.7 Å². The molecule has 0 spiro atoms. The van der Waals surface area contributed by atoms with E-state index in [0.717, 1.165) is 11.3 Å². The summed E-state index contributed by atoms with van der Waals surface area (Å²) in [4.78, 5) is 23.7. The number of rotatable bonds is 6.